The van der Waals surface area contributed by atoms with Crippen LogP contribution in [0, 0.1) is 5.92 Å². The molecule has 0 saturated heterocycles. The third-order valence-corrected chi connectivity index (χ3v) is 5.96. The van der Waals surface area contributed by atoms with Crippen molar-refractivity contribution in [3.8, 4) is 11.5 Å². The van der Waals surface area contributed by atoms with Crippen LogP contribution in [0.15, 0.2) is 64.8 Å². The number of carbonyl (C=O) groups is 2. The van der Waals surface area contributed by atoms with E-state index in [2.05, 4.69) is 5.32 Å². The number of carbonyl (C=O) groups excluding carboxylic acids is 2. The van der Waals surface area contributed by atoms with E-state index in [9.17, 15) is 9.59 Å². The van der Waals surface area contributed by atoms with Gasteiger partial charge in [-0.1, -0.05) is 30.3 Å². The van der Waals surface area contributed by atoms with Gasteiger partial charge in [0.2, 0.25) is 5.91 Å². The van der Waals surface area contributed by atoms with Gasteiger partial charge in [0.05, 0.1) is 25.8 Å². The summed E-state index contributed by atoms with van der Waals surface area (Å²) in [5.74, 6) is -0.0329. The van der Waals surface area contributed by atoms with E-state index < -0.39 is 11.8 Å². The first-order chi connectivity index (χ1) is 15.0. The first-order valence-corrected chi connectivity index (χ1v) is 10.4. The predicted molar refractivity (Wildman–Crippen MR) is 120 cm³/mol. The topological polar surface area (TPSA) is 77.0 Å². The normalized spacial score (nSPS) is 20.6. The number of hydrogen-bond acceptors (Lipinski definition) is 5. The number of aliphatic imine (C=N–C) groups is 1. The number of para-hydroxylation sites is 3. The summed E-state index contributed by atoms with van der Waals surface area (Å²) in [5.41, 5.74) is 3.53. The Hall–Kier alpha value is -3.41. The van der Waals surface area contributed by atoms with E-state index in [0.717, 1.165) is 24.1 Å². The van der Waals surface area contributed by atoms with E-state index in [1.54, 1.807) is 26.4 Å². The molecule has 160 valence electrons. The molecule has 0 aromatic heterocycles. The molecule has 6 nitrogen and oxygen atoms in total. The molecular weight excluding hydrogens is 392 g/mol. The van der Waals surface area contributed by atoms with Gasteiger partial charge in [-0.3, -0.25) is 14.6 Å². The van der Waals surface area contributed by atoms with Crippen LogP contribution in [0.1, 0.15) is 37.7 Å². The SMILES string of the molecule is COc1ccccc1NC(=O)C1C(C)=NC2=C(C(=O)CCC2)[C@H]1c1ccccc1OC. The van der Waals surface area contributed by atoms with Crippen molar-refractivity contribution in [1.29, 1.82) is 0 Å². The van der Waals surface area contributed by atoms with Crippen LogP contribution in [0.25, 0.3) is 0 Å². The maximum absolute atomic E-state index is 13.6. The van der Waals surface area contributed by atoms with Crippen molar-refractivity contribution < 1.29 is 19.1 Å². The molecule has 0 spiro atoms. The molecule has 0 radical (unpaired) electrons. The van der Waals surface area contributed by atoms with Gasteiger partial charge in [0.25, 0.3) is 0 Å². The lowest BCUT2D eigenvalue weighted by Crippen LogP contribution is -2.39. The molecule has 0 bridgehead atoms. The molecule has 6 heteroatoms. The lowest BCUT2D eigenvalue weighted by Gasteiger charge is -2.35. The number of methoxy groups -OCH3 is 2. The lowest BCUT2D eigenvalue weighted by molar-refractivity contribution is -0.119. The Morgan fingerprint density at radius 3 is 2.42 bits per heavy atom. The molecule has 2 atom stereocenters. The van der Waals surface area contributed by atoms with Gasteiger partial charge in [0.15, 0.2) is 5.78 Å². The largest absolute Gasteiger partial charge is 0.496 e. The maximum atomic E-state index is 13.6. The maximum Gasteiger partial charge on any atom is 0.234 e. The molecule has 2 aromatic carbocycles. The van der Waals surface area contributed by atoms with Crippen LogP contribution in [0.2, 0.25) is 0 Å². The summed E-state index contributed by atoms with van der Waals surface area (Å²) in [7, 11) is 3.16. The summed E-state index contributed by atoms with van der Waals surface area (Å²) >= 11 is 0. The number of Topliss-reactive ketones (excluding diaryl/α,β-unsaturated/α-hetero) is 1. The number of hydrogen-bond donors (Lipinski definition) is 1. The van der Waals surface area contributed by atoms with Crippen molar-refractivity contribution in [3.63, 3.8) is 0 Å². The Kier molecular flexibility index (Phi) is 5.89. The van der Waals surface area contributed by atoms with E-state index >= 15 is 0 Å². The second kappa shape index (κ2) is 8.76. The van der Waals surface area contributed by atoms with Crippen molar-refractivity contribution in [2.75, 3.05) is 19.5 Å². The second-order valence-corrected chi connectivity index (χ2v) is 7.78. The first kappa shape index (κ1) is 20.8. The number of ketones is 1. The third kappa shape index (κ3) is 3.85. The summed E-state index contributed by atoms with van der Waals surface area (Å²) in [5, 5.41) is 2.99. The fraction of sp³-hybridized carbons (Fsp3) is 0.320. The van der Waals surface area contributed by atoms with Crippen molar-refractivity contribution in [3.05, 3.63) is 65.4 Å². The van der Waals surface area contributed by atoms with Gasteiger partial charge in [0.1, 0.15) is 11.5 Å². The van der Waals surface area contributed by atoms with Crippen LogP contribution in [0.4, 0.5) is 5.69 Å². The number of rotatable bonds is 5. The fourth-order valence-corrected chi connectivity index (χ4v) is 4.56. The number of ether oxygens (including phenoxy) is 2. The quantitative estimate of drug-likeness (QED) is 0.774. The first-order valence-electron chi connectivity index (χ1n) is 10.4. The zero-order valence-electron chi connectivity index (χ0n) is 18.0. The summed E-state index contributed by atoms with van der Waals surface area (Å²) in [6.45, 7) is 1.86. The number of amides is 1. The molecule has 0 fully saturated rings. The van der Waals surface area contributed by atoms with E-state index in [-0.39, 0.29) is 11.7 Å². The number of nitrogens with one attached hydrogen (secondary N) is 1. The number of benzene rings is 2. The summed E-state index contributed by atoms with van der Waals surface area (Å²) in [6, 6.07) is 14.8. The lowest BCUT2D eigenvalue weighted by atomic mass is 9.71. The minimum atomic E-state index is -0.637. The summed E-state index contributed by atoms with van der Waals surface area (Å²) in [6.07, 6.45) is 2.00. The smallest absolute Gasteiger partial charge is 0.234 e. The highest BCUT2D eigenvalue weighted by molar-refractivity contribution is 6.13. The van der Waals surface area contributed by atoms with E-state index in [1.807, 2.05) is 43.3 Å². The van der Waals surface area contributed by atoms with Crippen LogP contribution in [-0.2, 0) is 9.59 Å². The van der Waals surface area contributed by atoms with Gasteiger partial charge in [-0.15, -0.1) is 0 Å². The predicted octanol–water partition coefficient (Wildman–Crippen LogP) is 4.52. The van der Waals surface area contributed by atoms with Crippen LogP contribution >= 0.6 is 0 Å². The average Bonchev–Trinajstić information content (AvgIpc) is 2.78. The molecule has 1 heterocycles. The Balaban J connectivity index is 1.81. The number of allylic oxidation sites excluding steroid dienone is 2. The molecule has 2 aromatic rings. The van der Waals surface area contributed by atoms with E-state index in [0.29, 0.717) is 34.9 Å². The van der Waals surface area contributed by atoms with Gasteiger partial charge in [-0.25, -0.2) is 0 Å². The molecule has 1 amide bonds. The third-order valence-electron chi connectivity index (χ3n) is 5.96. The van der Waals surface area contributed by atoms with Crippen LogP contribution < -0.4 is 14.8 Å². The second-order valence-electron chi connectivity index (χ2n) is 7.78. The van der Waals surface area contributed by atoms with E-state index in [1.165, 1.54) is 0 Å². The van der Waals surface area contributed by atoms with Gasteiger partial charge >= 0.3 is 0 Å². The molecule has 1 unspecified atom stereocenters. The van der Waals surface area contributed by atoms with Gasteiger partial charge in [-0.05, 0) is 38.0 Å². The number of anilines is 1. The highest BCUT2D eigenvalue weighted by atomic mass is 16.5. The van der Waals surface area contributed by atoms with E-state index in [4.69, 9.17) is 14.5 Å². The molecule has 4 rings (SSSR count). The highest BCUT2D eigenvalue weighted by Crippen LogP contribution is 2.46. The Bertz CT molecular complexity index is 1090. The van der Waals surface area contributed by atoms with Crippen molar-refractivity contribution in [2.24, 2.45) is 10.9 Å². The van der Waals surface area contributed by atoms with Gasteiger partial charge in [0, 0.05) is 34.9 Å². The zero-order chi connectivity index (χ0) is 22.0. The molecule has 31 heavy (non-hydrogen) atoms. The average molecular weight is 418 g/mol. The minimum Gasteiger partial charge on any atom is -0.496 e. The standard InChI is InChI=1S/C25H26N2O4/c1-15-22(25(29)27-17-10-5-7-14-21(17)31-3)23(16-9-4-6-13-20(16)30-2)24-18(26-15)11-8-12-19(24)28/h4-7,9-10,13-14,22-23H,8,11-12H2,1-3H3,(H,27,29)/t22?,23-/m0/s1. The Labute approximate surface area is 182 Å². The Morgan fingerprint density at radius 2 is 1.68 bits per heavy atom. The molecule has 1 aliphatic carbocycles. The monoisotopic (exact) mass is 418 g/mol. The molecule has 1 aliphatic heterocycles. The van der Waals surface area contributed by atoms with Gasteiger partial charge < -0.3 is 14.8 Å². The summed E-state index contributed by atoms with van der Waals surface area (Å²) < 4.78 is 11.0. The van der Waals surface area contributed by atoms with Crippen LogP contribution in [0.5, 0.6) is 11.5 Å². The fourth-order valence-electron chi connectivity index (χ4n) is 4.56. The zero-order valence-corrected chi connectivity index (χ0v) is 18.0. The number of nitrogens with zero attached hydrogens (tertiary/aromatic N) is 1. The van der Waals surface area contributed by atoms with Gasteiger partial charge in [-0.2, -0.15) is 0 Å². The molecule has 2 aliphatic rings. The van der Waals surface area contributed by atoms with Crippen molar-refractivity contribution >= 4 is 23.1 Å². The van der Waals surface area contributed by atoms with Crippen molar-refractivity contribution in [2.45, 2.75) is 32.1 Å². The van der Waals surface area contributed by atoms with Crippen LogP contribution in [-0.4, -0.2) is 31.6 Å². The molecular formula is C25H26N2O4. The minimum absolute atomic E-state index is 0.0588. The summed E-state index contributed by atoms with van der Waals surface area (Å²) in [4.78, 5) is 31.3. The molecule has 0 saturated carbocycles. The molecule has 1 N–H and O–H groups in total. The highest BCUT2D eigenvalue weighted by Gasteiger charge is 2.43. The van der Waals surface area contributed by atoms with Crippen molar-refractivity contribution in [1.82, 2.24) is 0 Å². The van der Waals surface area contributed by atoms with Crippen LogP contribution in [0.3, 0.4) is 0 Å². The Morgan fingerprint density at radius 1 is 1.00 bits per heavy atom.